The van der Waals surface area contributed by atoms with E-state index in [9.17, 15) is 0 Å². The summed E-state index contributed by atoms with van der Waals surface area (Å²) in [7, 11) is 0. The molecule has 0 radical (unpaired) electrons. The van der Waals surface area contributed by atoms with Crippen LogP contribution in [0.2, 0.25) is 0 Å². The average molecular weight is 449 g/mol. The Bertz CT molecular complexity index is 362. The molecule has 0 aromatic heterocycles. The lowest BCUT2D eigenvalue weighted by Crippen LogP contribution is -1.83. The largest absolute Gasteiger partial charge is 0.396 e. The van der Waals surface area contributed by atoms with Crippen molar-refractivity contribution < 1.29 is 5.11 Å². The lowest BCUT2D eigenvalue weighted by molar-refractivity contribution is 0.282. The molecule has 0 rings (SSSR count). The zero-order valence-electron chi connectivity index (χ0n) is 22.5. The van der Waals surface area contributed by atoms with E-state index >= 15 is 0 Å². The van der Waals surface area contributed by atoms with Gasteiger partial charge in [0.15, 0.2) is 0 Å². The molecule has 1 N–H and O–H groups in total. The number of aliphatic hydroxyl groups excluding tert-OH is 1. The van der Waals surface area contributed by atoms with Crippen LogP contribution in [0.25, 0.3) is 0 Å². The van der Waals surface area contributed by atoms with Gasteiger partial charge in [0.1, 0.15) is 0 Å². The van der Waals surface area contributed by atoms with Crippen LogP contribution < -0.4 is 0 Å². The highest BCUT2D eigenvalue weighted by Crippen LogP contribution is 2.09. The molecule has 0 aromatic carbocycles. The van der Waals surface area contributed by atoms with E-state index in [4.69, 9.17) is 5.11 Å². The van der Waals surface area contributed by atoms with Gasteiger partial charge in [0.25, 0.3) is 0 Å². The summed E-state index contributed by atoms with van der Waals surface area (Å²) in [5, 5.41) is 8.65. The minimum absolute atomic E-state index is 0.359. The fourth-order valence-electron chi connectivity index (χ4n) is 3.65. The molecule has 0 unspecified atom stereocenters. The second-order valence-corrected chi connectivity index (χ2v) is 9.14. The fraction of sp³-hybridized carbons (Fsp3) is 0.806. The summed E-state index contributed by atoms with van der Waals surface area (Å²) in [5.41, 5.74) is 0. The van der Waals surface area contributed by atoms with Gasteiger partial charge in [-0.1, -0.05) is 134 Å². The second kappa shape index (κ2) is 34.8. The highest BCUT2D eigenvalue weighted by Gasteiger charge is 1.90. The molecule has 0 aliphatic carbocycles. The molecule has 32 heavy (non-hydrogen) atoms. The topological polar surface area (TPSA) is 20.2 Å². The Balaban J connectivity index is 0. The summed E-state index contributed by atoms with van der Waals surface area (Å²) in [6, 6.07) is 0. The second-order valence-electron chi connectivity index (χ2n) is 9.14. The van der Waals surface area contributed by atoms with Gasteiger partial charge in [-0.2, -0.15) is 0 Å². The average Bonchev–Trinajstić information content (AvgIpc) is 2.81. The molecule has 0 saturated carbocycles. The van der Waals surface area contributed by atoms with E-state index < -0.39 is 0 Å². The van der Waals surface area contributed by atoms with Gasteiger partial charge in [-0.15, -0.1) is 0 Å². The van der Waals surface area contributed by atoms with Crippen LogP contribution in [-0.2, 0) is 0 Å². The highest BCUT2D eigenvalue weighted by molar-refractivity contribution is 4.91. The quantitative estimate of drug-likeness (QED) is 0.122. The summed E-state index contributed by atoms with van der Waals surface area (Å²) in [5.74, 6) is 0. The SMILES string of the molecule is CC=CCC=CCCCCCCCC.CCCCCCCCC=CCCCCCCCO. The molecular weight excluding hydrogens is 388 g/mol. The van der Waals surface area contributed by atoms with Gasteiger partial charge in [0, 0.05) is 6.61 Å². The standard InChI is InChI=1S/C17H34O.C14H26/c1-2-3-4-5-6-7-8-9-10-11-12-13-14-15-16-17-18;1-3-5-7-9-11-13-14-12-10-8-6-4-2/h9-10,18H,2-8,11-17H2,1H3;3,5,9,11H,4,6-8,10,12-14H2,1-2H3. The lowest BCUT2D eigenvalue weighted by Gasteiger charge is -1.98. The third kappa shape index (κ3) is 36.5. The van der Waals surface area contributed by atoms with Crippen LogP contribution in [0.1, 0.15) is 156 Å². The van der Waals surface area contributed by atoms with Gasteiger partial charge in [-0.25, -0.2) is 0 Å². The van der Waals surface area contributed by atoms with Crippen molar-refractivity contribution in [3.05, 3.63) is 36.5 Å². The molecule has 0 aromatic rings. The smallest absolute Gasteiger partial charge is 0.0431 e. The lowest BCUT2D eigenvalue weighted by atomic mass is 10.1. The van der Waals surface area contributed by atoms with Gasteiger partial charge in [-0.05, 0) is 58.3 Å². The molecule has 0 aliphatic rings. The molecule has 0 spiro atoms. The summed E-state index contributed by atoms with van der Waals surface area (Å²) in [6.07, 6.45) is 41.4. The highest BCUT2D eigenvalue weighted by atomic mass is 16.2. The summed E-state index contributed by atoms with van der Waals surface area (Å²) >= 11 is 0. The summed E-state index contributed by atoms with van der Waals surface area (Å²) < 4.78 is 0. The number of rotatable bonds is 23. The minimum atomic E-state index is 0.359. The third-order valence-electron chi connectivity index (χ3n) is 5.82. The van der Waals surface area contributed by atoms with Gasteiger partial charge < -0.3 is 5.11 Å². The van der Waals surface area contributed by atoms with E-state index in [1.54, 1.807) is 0 Å². The molecule has 0 fully saturated rings. The Morgan fingerprint density at radius 1 is 0.438 bits per heavy atom. The fourth-order valence-corrected chi connectivity index (χ4v) is 3.65. The molecule has 1 nitrogen and oxygen atoms in total. The van der Waals surface area contributed by atoms with Gasteiger partial charge in [-0.3, -0.25) is 0 Å². The molecule has 190 valence electrons. The Morgan fingerprint density at radius 3 is 1.22 bits per heavy atom. The van der Waals surface area contributed by atoms with Crippen LogP contribution in [0.4, 0.5) is 0 Å². The number of hydrogen-bond acceptors (Lipinski definition) is 1. The molecule has 0 aliphatic heterocycles. The van der Waals surface area contributed by atoms with Crippen LogP contribution in [0.5, 0.6) is 0 Å². The first kappa shape index (κ1) is 33.4. The zero-order chi connectivity index (χ0) is 23.8. The van der Waals surface area contributed by atoms with Gasteiger partial charge >= 0.3 is 0 Å². The molecule has 1 heteroatoms. The van der Waals surface area contributed by atoms with Crippen LogP contribution >= 0.6 is 0 Å². The first-order valence-corrected chi connectivity index (χ1v) is 14.3. The van der Waals surface area contributed by atoms with Crippen molar-refractivity contribution in [2.75, 3.05) is 6.61 Å². The van der Waals surface area contributed by atoms with E-state index in [0.717, 1.165) is 12.8 Å². The monoisotopic (exact) mass is 448 g/mol. The molecule has 0 amide bonds. The van der Waals surface area contributed by atoms with Crippen LogP contribution in [0.3, 0.4) is 0 Å². The number of unbranched alkanes of at least 4 members (excludes halogenated alkanes) is 17. The normalized spacial score (nSPS) is 11.6. The van der Waals surface area contributed by atoms with E-state index in [0.29, 0.717) is 6.61 Å². The molecule has 0 heterocycles. The van der Waals surface area contributed by atoms with E-state index in [1.165, 1.54) is 122 Å². The predicted molar refractivity (Wildman–Crippen MR) is 148 cm³/mol. The Morgan fingerprint density at radius 2 is 0.812 bits per heavy atom. The maximum absolute atomic E-state index is 8.65. The Hall–Kier alpha value is -0.820. The first-order valence-electron chi connectivity index (χ1n) is 14.3. The first-order chi connectivity index (χ1) is 15.8. The zero-order valence-corrected chi connectivity index (χ0v) is 22.5. The Labute approximate surface area is 203 Å². The van der Waals surface area contributed by atoms with E-state index in [2.05, 4.69) is 57.2 Å². The third-order valence-corrected chi connectivity index (χ3v) is 5.82. The summed E-state index contributed by atoms with van der Waals surface area (Å²) in [6.45, 7) is 6.97. The molecule has 0 atom stereocenters. The predicted octanol–water partition coefficient (Wildman–Crippen LogP) is 10.9. The van der Waals surface area contributed by atoms with E-state index in [1.807, 2.05) is 0 Å². The van der Waals surface area contributed by atoms with Gasteiger partial charge in [0.2, 0.25) is 0 Å². The number of hydrogen-bond donors (Lipinski definition) is 1. The molecular formula is C31H60O. The van der Waals surface area contributed by atoms with Crippen molar-refractivity contribution in [3.63, 3.8) is 0 Å². The maximum atomic E-state index is 8.65. The van der Waals surface area contributed by atoms with Crippen molar-refractivity contribution in [2.24, 2.45) is 0 Å². The molecule has 0 saturated heterocycles. The molecule has 0 bridgehead atoms. The van der Waals surface area contributed by atoms with Crippen LogP contribution in [-0.4, -0.2) is 11.7 Å². The summed E-state index contributed by atoms with van der Waals surface area (Å²) in [4.78, 5) is 0. The van der Waals surface area contributed by atoms with Crippen molar-refractivity contribution in [3.8, 4) is 0 Å². The number of allylic oxidation sites excluding steroid dienone is 6. The van der Waals surface area contributed by atoms with Crippen molar-refractivity contribution in [1.82, 2.24) is 0 Å². The van der Waals surface area contributed by atoms with E-state index in [-0.39, 0.29) is 0 Å². The number of aliphatic hydroxyl groups is 1. The van der Waals surface area contributed by atoms with Crippen LogP contribution in [0.15, 0.2) is 36.5 Å². The van der Waals surface area contributed by atoms with Crippen molar-refractivity contribution in [1.29, 1.82) is 0 Å². The van der Waals surface area contributed by atoms with Crippen molar-refractivity contribution >= 4 is 0 Å². The maximum Gasteiger partial charge on any atom is 0.0431 e. The van der Waals surface area contributed by atoms with Gasteiger partial charge in [0.05, 0.1) is 0 Å². The Kier molecular flexibility index (Phi) is 36.3. The van der Waals surface area contributed by atoms with Crippen molar-refractivity contribution in [2.45, 2.75) is 156 Å². The minimum Gasteiger partial charge on any atom is -0.396 e. The van der Waals surface area contributed by atoms with Crippen LogP contribution in [0, 0.1) is 0 Å².